The third kappa shape index (κ3) is 2.88. The summed E-state index contributed by atoms with van der Waals surface area (Å²) in [6.45, 7) is 0. The molecule has 1 aromatic carbocycles. The summed E-state index contributed by atoms with van der Waals surface area (Å²) in [5, 5.41) is 2.92. The van der Waals surface area contributed by atoms with E-state index in [0.29, 0.717) is 46.8 Å². The number of methoxy groups -OCH3 is 1. The van der Waals surface area contributed by atoms with Gasteiger partial charge >= 0.3 is 6.03 Å². The van der Waals surface area contributed by atoms with Crippen LogP contribution < -0.4 is 15.0 Å². The maximum absolute atomic E-state index is 14.2. The van der Waals surface area contributed by atoms with Crippen molar-refractivity contribution in [1.82, 2.24) is 19.9 Å². The van der Waals surface area contributed by atoms with E-state index in [2.05, 4.69) is 10.3 Å². The second kappa shape index (κ2) is 7.23. The first-order valence-electron chi connectivity index (χ1n) is 11.6. The molecule has 2 unspecified atom stereocenters. The number of anilines is 1. The number of carbonyl (C=O) groups is 2. The number of nitrogens with one attached hydrogen (secondary N) is 1. The van der Waals surface area contributed by atoms with Crippen LogP contribution in [0.5, 0.6) is 5.75 Å². The SMILES string of the molecule is COc1ccc(Cl)c(C2=CC3NC(=O)N(c4cncc5nc(C67CC(F)(C6)C7)n(C)c45)C(=O)C3S2)c1. The molecule has 2 aromatic heterocycles. The fraction of sp³-hybridized carbons (Fsp3) is 0.360. The maximum Gasteiger partial charge on any atom is 0.329 e. The van der Waals surface area contributed by atoms with Gasteiger partial charge in [-0.1, -0.05) is 11.6 Å². The molecule has 3 amide bonds. The molecule has 1 N–H and O–H groups in total. The zero-order valence-electron chi connectivity index (χ0n) is 19.4. The molecule has 3 aromatic rings. The summed E-state index contributed by atoms with van der Waals surface area (Å²) in [6.07, 6.45) is 6.37. The van der Waals surface area contributed by atoms with Gasteiger partial charge in [-0.15, -0.1) is 11.8 Å². The Labute approximate surface area is 214 Å². The van der Waals surface area contributed by atoms with E-state index < -0.39 is 23.0 Å². The summed E-state index contributed by atoms with van der Waals surface area (Å²) in [6, 6.07) is 4.33. The predicted molar refractivity (Wildman–Crippen MR) is 135 cm³/mol. The lowest BCUT2D eigenvalue weighted by Crippen LogP contribution is -2.67. The van der Waals surface area contributed by atoms with Gasteiger partial charge in [0.2, 0.25) is 0 Å². The molecule has 5 aliphatic rings. The number of rotatable bonds is 4. The Morgan fingerprint density at radius 3 is 2.75 bits per heavy atom. The fourth-order valence-electron chi connectivity index (χ4n) is 6.15. The molecule has 8 rings (SSSR count). The molecule has 2 atom stereocenters. The van der Waals surface area contributed by atoms with E-state index in [-0.39, 0.29) is 11.3 Å². The highest BCUT2D eigenvalue weighted by atomic mass is 35.5. The minimum atomic E-state index is -1.06. The second-order valence-corrected chi connectivity index (χ2v) is 11.6. The van der Waals surface area contributed by atoms with Gasteiger partial charge in [0.1, 0.15) is 28.0 Å². The van der Waals surface area contributed by atoms with Crippen LogP contribution in [0.2, 0.25) is 5.02 Å². The number of urea groups is 1. The van der Waals surface area contributed by atoms with Crippen LogP contribution >= 0.6 is 23.4 Å². The quantitative estimate of drug-likeness (QED) is 0.544. The molecule has 3 aliphatic carbocycles. The number of hydrogen-bond donors (Lipinski definition) is 1. The van der Waals surface area contributed by atoms with Crippen molar-refractivity contribution in [3.05, 3.63) is 53.1 Å². The first-order valence-corrected chi connectivity index (χ1v) is 12.8. The molecule has 8 nitrogen and oxygen atoms in total. The zero-order chi connectivity index (χ0) is 25.0. The Morgan fingerprint density at radius 1 is 1.25 bits per heavy atom. The predicted octanol–water partition coefficient (Wildman–Crippen LogP) is 4.36. The number of halogens is 2. The number of aryl methyl sites for hydroxylation is 1. The van der Waals surface area contributed by atoms with Gasteiger partial charge in [-0.2, -0.15) is 0 Å². The van der Waals surface area contributed by atoms with Crippen molar-refractivity contribution in [1.29, 1.82) is 0 Å². The van der Waals surface area contributed by atoms with E-state index >= 15 is 0 Å². The standard InChI is InChI=1S/C25H21ClFN5O3S/c1-31-19-16(29-22(31)24-9-25(27,10-24)11-24)7-28-8-17(19)32-21(33)20-15(30-23(32)34)6-18(36-20)13-5-12(35-2)3-4-14(13)26/h3-8,15,20H,9-11H2,1-2H3,(H,30,34). The normalized spacial score (nSPS) is 30.4. The van der Waals surface area contributed by atoms with Crippen LogP contribution in [0, 0.1) is 0 Å². The minimum Gasteiger partial charge on any atom is -0.497 e. The topological polar surface area (TPSA) is 89.3 Å². The Bertz CT molecular complexity index is 1520. The lowest BCUT2D eigenvalue weighted by molar-refractivity contribution is -0.163. The van der Waals surface area contributed by atoms with Crippen molar-refractivity contribution in [2.45, 2.75) is 41.6 Å². The number of thioether (sulfide) groups is 1. The minimum absolute atomic E-state index is 0.269. The van der Waals surface area contributed by atoms with Gasteiger partial charge in [0.25, 0.3) is 5.91 Å². The Morgan fingerprint density at radius 2 is 2.03 bits per heavy atom. The number of alkyl halides is 1. The highest BCUT2D eigenvalue weighted by Crippen LogP contribution is 2.69. The van der Waals surface area contributed by atoms with E-state index in [1.54, 1.807) is 25.4 Å². The van der Waals surface area contributed by atoms with Crippen molar-refractivity contribution in [3.8, 4) is 5.75 Å². The molecule has 4 fully saturated rings. The van der Waals surface area contributed by atoms with Gasteiger partial charge < -0.3 is 14.6 Å². The van der Waals surface area contributed by atoms with Crippen molar-refractivity contribution < 1.29 is 18.7 Å². The molecule has 1 saturated heterocycles. The molecule has 36 heavy (non-hydrogen) atoms. The molecule has 2 bridgehead atoms. The van der Waals surface area contributed by atoms with E-state index in [4.69, 9.17) is 21.3 Å². The average molecular weight is 526 g/mol. The first-order chi connectivity index (χ1) is 17.2. The number of aromatic nitrogens is 3. The van der Waals surface area contributed by atoms with Crippen molar-refractivity contribution in [2.24, 2.45) is 7.05 Å². The smallest absolute Gasteiger partial charge is 0.329 e. The third-order valence-corrected chi connectivity index (χ3v) is 9.43. The molecule has 11 heteroatoms. The summed E-state index contributed by atoms with van der Waals surface area (Å²) >= 11 is 7.79. The molecule has 0 radical (unpaired) electrons. The van der Waals surface area contributed by atoms with E-state index in [1.807, 2.05) is 23.8 Å². The van der Waals surface area contributed by atoms with E-state index in [0.717, 1.165) is 21.2 Å². The number of imide groups is 1. The van der Waals surface area contributed by atoms with E-state index in [1.165, 1.54) is 18.0 Å². The van der Waals surface area contributed by atoms with Gasteiger partial charge in [-0.25, -0.2) is 19.1 Å². The van der Waals surface area contributed by atoms with Crippen molar-refractivity contribution in [3.63, 3.8) is 0 Å². The van der Waals surface area contributed by atoms with Crippen LogP contribution in [0.3, 0.4) is 0 Å². The van der Waals surface area contributed by atoms with Gasteiger partial charge in [0.15, 0.2) is 0 Å². The average Bonchev–Trinajstić information content (AvgIpc) is 3.38. The molecule has 4 heterocycles. The van der Waals surface area contributed by atoms with Gasteiger partial charge in [-0.3, -0.25) is 9.78 Å². The summed E-state index contributed by atoms with van der Waals surface area (Å²) in [7, 11) is 3.43. The Hall–Kier alpha value is -3.11. The van der Waals surface area contributed by atoms with Crippen LogP contribution in [0.4, 0.5) is 14.9 Å². The Kier molecular flexibility index (Phi) is 4.44. The van der Waals surface area contributed by atoms with Crippen molar-refractivity contribution in [2.75, 3.05) is 12.0 Å². The Balaban J connectivity index is 1.24. The highest BCUT2D eigenvalue weighted by molar-refractivity contribution is 8.09. The molecule has 0 spiro atoms. The van der Waals surface area contributed by atoms with Crippen LogP contribution in [-0.4, -0.2) is 50.5 Å². The van der Waals surface area contributed by atoms with E-state index in [9.17, 15) is 14.0 Å². The number of carbonyl (C=O) groups excluding carboxylic acids is 2. The number of hydrogen-bond acceptors (Lipinski definition) is 6. The lowest BCUT2D eigenvalue weighted by atomic mass is 9.42. The monoisotopic (exact) mass is 525 g/mol. The third-order valence-electron chi connectivity index (χ3n) is 7.75. The molecule has 3 saturated carbocycles. The maximum atomic E-state index is 14.2. The number of benzene rings is 1. The summed E-state index contributed by atoms with van der Waals surface area (Å²) in [5.74, 6) is 1.08. The lowest BCUT2D eigenvalue weighted by Gasteiger charge is -2.65. The molecular weight excluding hydrogens is 505 g/mol. The number of imidazole rings is 1. The first kappa shape index (κ1) is 22.1. The van der Waals surface area contributed by atoms with Gasteiger partial charge in [-0.05, 0) is 43.5 Å². The van der Waals surface area contributed by atoms with Crippen molar-refractivity contribution >= 4 is 56.9 Å². The summed E-state index contributed by atoms with van der Waals surface area (Å²) in [4.78, 5) is 37.9. The van der Waals surface area contributed by atoms with Crippen LogP contribution in [0.25, 0.3) is 15.9 Å². The second-order valence-electron chi connectivity index (χ2n) is 10.0. The number of nitrogens with zero attached hydrogens (tertiary/aromatic N) is 4. The zero-order valence-corrected chi connectivity index (χ0v) is 21.0. The molecular formula is C25H21ClFN5O3S. The highest BCUT2D eigenvalue weighted by Gasteiger charge is 2.71. The van der Waals surface area contributed by atoms with Gasteiger partial charge in [0, 0.05) is 28.0 Å². The van der Waals surface area contributed by atoms with Gasteiger partial charge in [0.05, 0.1) is 36.7 Å². The van der Waals surface area contributed by atoms with Crippen LogP contribution in [-0.2, 0) is 17.3 Å². The van der Waals surface area contributed by atoms with Crippen LogP contribution in [0.1, 0.15) is 30.7 Å². The number of ether oxygens (including phenoxy) is 1. The largest absolute Gasteiger partial charge is 0.497 e. The summed E-state index contributed by atoms with van der Waals surface area (Å²) in [5.41, 5.74) is 0.985. The number of fused-ring (bicyclic) bond motifs is 2. The number of amides is 3. The fourth-order valence-corrected chi connectivity index (χ4v) is 7.72. The number of pyridine rings is 1. The molecule has 184 valence electrons. The van der Waals surface area contributed by atoms with Crippen LogP contribution in [0.15, 0.2) is 36.7 Å². The summed E-state index contributed by atoms with van der Waals surface area (Å²) < 4.78 is 21.4. The molecule has 2 aliphatic heterocycles.